The summed E-state index contributed by atoms with van der Waals surface area (Å²) < 4.78 is 0. The molecule has 0 aromatic heterocycles. The van der Waals surface area contributed by atoms with Crippen molar-refractivity contribution in [3.05, 3.63) is 59.0 Å². The van der Waals surface area contributed by atoms with Crippen molar-refractivity contribution in [3.63, 3.8) is 0 Å². The van der Waals surface area contributed by atoms with Crippen LogP contribution in [0.25, 0.3) is 0 Å². The van der Waals surface area contributed by atoms with E-state index < -0.39 is 0 Å². The minimum absolute atomic E-state index is 0.0905. The molecule has 0 atom stereocenters. The van der Waals surface area contributed by atoms with Crippen LogP contribution in [-0.4, -0.2) is 17.2 Å². The van der Waals surface area contributed by atoms with Crippen LogP contribution < -0.4 is 0 Å². The summed E-state index contributed by atoms with van der Waals surface area (Å²) in [5, 5.41) is 0. The molecular weight excluding hydrogens is 234 g/mol. The third-order valence-electron chi connectivity index (χ3n) is 3.46. The minimum atomic E-state index is 0.0905. The average Bonchev–Trinajstić information content (AvgIpc) is 2.36. The standard InChI is InChI=1S/C17H21NO/c1-4-5-8-18-9-6-15(7-10-18)17-13(2)11-16(19)12-14(17)3/h6-7,9-12H,4-5,8H2,1-3H3. The van der Waals surface area contributed by atoms with E-state index in [1.54, 1.807) is 12.2 Å². The third-order valence-corrected chi connectivity index (χ3v) is 3.46. The van der Waals surface area contributed by atoms with E-state index in [0.29, 0.717) is 0 Å². The number of hydrogen-bond acceptors (Lipinski definition) is 2. The molecule has 1 aliphatic carbocycles. The molecule has 0 N–H and O–H groups in total. The Morgan fingerprint density at radius 2 is 1.63 bits per heavy atom. The molecule has 0 saturated heterocycles. The van der Waals surface area contributed by atoms with Crippen LogP contribution in [0.1, 0.15) is 33.6 Å². The smallest absolute Gasteiger partial charge is 0.179 e. The molecule has 0 amide bonds. The van der Waals surface area contributed by atoms with Crippen molar-refractivity contribution >= 4 is 5.78 Å². The van der Waals surface area contributed by atoms with Gasteiger partial charge in [-0.15, -0.1) is 0 Å². The predicted molar refractivity (Wildman–Crippen MR) is 79.4 cm³/mol. The van der Waals surface area contributed by atoms with Crippen LogP contribution in [-0.2, 0) is 4.79 Å². The van der Waals surface area contributed by atoms with Gasteiger partial charge in [0.25, 0.3) is 0 Å². The Kier molecular flexibility index (Phi) is 4.20. The summed E-state index contributed by atoms with van der Waals surface area (Å²) in [5.41, 5.74) is 4.47. The Hall–Kier alpha value is -1.83. The first-order chi connectivity index (χ1) is 9.11. The molecule has 1 heterocycles. The van der Waals surface area contributed by atoms with Crippen molar-refractivity contribution in [2.75, 3.05) is 6.54 Å². The van der Waals surface area contributed by atoms with Gasteiger partial charge in [-0.3, -0.25) is 4.79 Å². The van der Waals surface area contributed by atoms with Crippen molar-refractivity contribution in [1.82, 2.24) is 4.90 Å². The molecule has 2 aliphatic rings. The molecule has 100 valence electrons. The van der Waals surface area contributed by atoms with Crippen LogP contribution >= 0.6 is 0 Å². The van der Waals surface area contributed by atoms with E-state index in [9.17, 15) is 4.79 Å². The van der Waals surface area contributed by atoms with E-state index in [-0.39, 0.29) is 5.78 Å². The molecule has 2 nitrogen and oxygen atoms in total. The number of carbonyl (C=O) groups is 1. The van der Waals surface area contributed by atoms with Crippen LogP contribution in [0.3, 0.4) is 0 Å². The number of nitrogens with zero attached hydrogens (tertiary/aromatic N) is 1. The SMILES string of the molecule is CCCCN1C=CC(=C2C(C)=CC(=O)C=C2C)C=C1. The second kappa shape index (κ2) is 5.87. The van der Waals surface area contributed by atoms with Crippen LogP contribution in [0, 0.1) is 0 Å². The second-order valence-electron chi connectivity index (χ2n) is 5.11. The van der Waals surface area contributed by atoms with Gasteiger partial charge in [-0.2, -0.15) is 0 Å². The van der Waals surface area contributed by atoms with E-state index in [0.717, 1.165) is 17.7 Å². The molecule has 0 unspecified atom stereocenters. The minimum Gasteiger partial charge on any atom is -0.354 e. The van der Waals surface area contributed by atoms with Gasteiger partial charge in [-0.05, 0) is 66.9 Å². The van der Waals surface area contributed by atoms with Gasteiger partial charge in [0, 0.05) is 18.9 Å². The van der Waals surface area contributed by atoms with Crippen molar-refractivity contribution < 1.29 is 4.79 Å². The first kappa shape index (κ1) is 13.6. The first-order valence-corrected chi connectivity index (χ1v) is 6.89. The topological polar surface area (TPSA) is 20.3 Å². The second-order valence-corrected chi connectivity index (χ2v) is 5.11. The number of ketones is 1. The lowest BCUT2D eigenvalue weighted by Gasteiger charge is -2.21. The molecule has 2 rings (SSSR count). The summed E-state index contributed by atoms with van der Waals surface area (Å²) in [4.78, 5) is 13.7. The van der Waals surface area contributed by atoms with Crippen molar-refractivity contribution in [3.8, 4) is 0 Å². The fourth-order valence-corrected chi connectivity index (χ4v) is 2.49. The largest absolute Gasteiger partial charge is 0.354 e. The fraction of sp³-hybridized carbons (Fsp3) is 0.353. The highest BCUT2D eigenvalue weighted by Gasteiger charge is 2.15. The molecule has 19 heavy (non-hydrogen) atoms. The predicted octanol–water partition coefficient (Wildman–Crippen LogP) is 3.90. The van der Waals surface area contributed by atoms with Gasteiger partial charge in [0.15, 0.2) is 5.78 Å². The van der Waals surface area contributed by atoms with Gasteiger partial charge < -0.3 is 4.90 Å². The Bertz CT molecular complexity index is 489. The highest BCUT2D eigenvalue weighted by molar-refractivity contribution is 6.03. The number of unbranched alkanes of at least 4 members (excludes halogenated alkanes) is 1. The highest BCUT2D eigenvalue weighted by Crippen LogP contribution is 2.29. The normalized spacial score (nSPS) is 18.9. The van der Waals surface area contributed by atoms with E-state index in [2.05, 4.69) is 36.4 Å². The first-order valence-electron chi connectivity index (χ1n) is 6.89. The zero-order valence-electron chi connectivity index (χ0n) is 11.9. The molecule has 0 aromatic carbocycles. The molecular formula is C17H21NO. The molecule has 0 fully saturated rings. The maximum atomic E-state index is 11.5. The lowest BCUT2D eigenvalue weighted by Crippen LogP contribution is -2.14. The third kappa shape index (κ3) is 3.14. The van der Waals surface area contributed by atoms with Gasteiger partial charge in [-0.1, -0.05) is 13.3 Å². The number of hydrogen-bond donors (Lipinski definition) is 0. The van der Waals surface area contributed by atoms with Crippen LogP contribution in [0.15, 0.2) is 59.0 Å². The fourth-order valence-electron chi connectivity index (χ4n) is 2.49. The zero-order chi connectivity index (χ0) is 13.8. The van der Waals surface area contributed by atoms with Crippen molar-refractivity contribution in [2.45, 2.75) is 33.6 Å². The summed E-state index contributed by atoms with van der Waals surface area (Å²) in [6.45, 7) is 7.27. The van der Waals surface area contributed by atoms with Gasteiger partial charge in [0.1, 0.15) is 0 Å². The van der Waals surface area contributed by atoms with Crippen LogP contribution in [0.5, 0.6) is 0 Å². The van der Waals surface area contributed by atoms with Crippen molar-refractivity contribution in [1.29, 1.82) is 0 Å². The summed E-state index contributed by atoms with van der Waals surface area (Å²) in [6, 6.07) is 0. The van der Waals surface area contributed by atoms with E-state index in [1.165, 1.54) is 24.0 Å². The summed E-state index contributed by atoms with van der Waals surface area (Å²) in [6.07, 6.45) is 14.3. The van der Waals surface area contributed by atoms with Crippen molar-refractivity contribution in [2.24, 2.45) is 0 Å². The van der Waals surface area contributed by atoms with Gasteiger partial charge in [0.2, 0.25) is 0 Å². The lowest BCUT2D eigenvalue weighted by molar-refractivity contribution is -0.110. The molecule has 0 aromatic rings. The van der Waals surface area contributed by atoms with Gasteiger partial charge >= 0.3 is 0 Å². The average molecular weight is 255 g/mol. The van der Waals surface area contributed by atoms with E-state index >= 15 is 0 Å². The zero-order valence-corrected chi connectivity index (χ0v) is 11.9. The number of allylic oxidation sites excluding steroid dienone is 8. The molecule has 0 radical (unpaired) electrons. The van der Waals surface area contributed by atoms with E-state index in [1.807, 2.05) is 13.8 Å². The lowest BCUT2D eigenvalue weighted by atomic mass is 9.89. The van der Waals surface area contributed by atoms with E-state index in [4.69, 9.17) is 0 Å². The maximum absolute atomic E-state index is 11.5. The van der Waals surface area contributed by atoms with Gasteiger partial charge in [0.05, 0.1) is 0 Å². The summed E-state index contributed by atoms with van der Waals surface area (Å²) in [7, 11) is 0. The summed E-state index contributed by atoms with van der Waals surface area (Å²) >= 11 is 0. The van der Waals surface area contributed by atoms with Crippen LogP contribution in [0.2, 0.25) is 0 Å². The van der Waals surface area contributed by atoms with Crippen LogP contribution in [0.4, 0.5) is 0 Å². The quantitative estimate of drug-likeness (QED) is 0.762. The maximum Gasteiger partial charge on any atom is 0.179 e. The Morgan fingerprint density at radius 1 is 1.05 bits per heavy atom. The molecule has 0 spiro atoms. The summed E-state index contributed by atoms with van der Waals surface area (Å²) in [5.74, 6) is 0.0905. The molecule has 0 saturated carbocycles. The molecule has 0 bridgehead atoms. The number of rotatable bonds is 3. The monoisotopic (exact) mass is 255 g/mol. The molecule has 2 heteroatoms. The Morgan fingerprint density at radius 3 is 2.16 bits per heavy atom. The number of carbonyl (C=O) groups excluding carboxylic acids is 1. The highest BCUT2D eigenvalue weighted by atomic mass is 16.1. The molecule has 1 aliphatic heterocycles. The Balaban J connectivity index is 2.22. The Labute approximate surface area is 115 Å². The van der Waals surface area contributed by atoms with Gasteiger partial charge in [-0.25, -0.2) is 0 Å².